The second-order valence-electron chi connectivity index (χ2n) is 9.15. The maximum absolute atomic E-state index is 15.7. The highest BCUT2D eigenvalue weighted by Crippen LogP contribution is 2.57. The average Bonchev–Trinajstić information content (AvgIpc) is 3.03. The largest absolute Gasteiger partial charge is 0.321 e. The topological polar surface area (TPSA) is 75.3 Å². The van der Waals surface area contributed by atoms with E-state index in [0.29, 0.717) is 32.4 Å². The zero-order valence-corrected chi connectivity index (χ0v) is 23.6. The van der Waals surface area contributed by atoms with Crippen LogP contribution in [0.15, 0.2) is 151 Å². The first-order valence-electron chi connectivity index (χ1n) is 12.9. The van der Waals surface area contributed by atoms with Crippen molar-refractivity contribution in [2.24, 2.45) is 0 Å². The van der Waals surface area contributed by atoms with Crippen LogP contribution in [0.4, 0.5) is 5.69 Å². The van der Waals surface area contributed by atoms with E-state index >= 15 is 4.57 Å². The summed E-state index contributed by atoms with van der Waals surface area (Å²) in [6.45, 7) is 0. The van der Waals surface area contributed by atoms with Crippen molar-refractivity contribution in [1.82, 2.24) is 5.32 Å². The molecule has 5 rings (SSSR count). The molecule has 0 aromatic heterocycles. The minimum atomic E-state index is -3.74. The van der Waals surface area contributed by atoms with Crippen molar-refractivity contribution in [3.8, 4) is 0 Å². The molecule has 0 saturated carbocycles. The van der Waals surface area contributed by atoms with E-state index in [1.165, 1.54) is 0 Å². The molecule has 0 aliphatic carbocycles. The van der Waals surface area contributed by atoms with Crippen LogP contribution in [0.2, 0.25) is 5.02 Å². The number of benzene rings is 5. The Kier molecular flexibility index (Phi) is 8.59. The molecule has 41 heavy (non-hydrogen) atoms. The van der Waals surface area contributed by atoms with Crippen molar-refractivity contribution in [1.29, 1.82) is 0 Å². The Labute approximate surface area is 243 Å². The molecule has 0 aliphatic heterocycles. The molecule has 5 aromatic carbocycles. The van der Waals surface area contributed by atoms with Crippen LogP contribution in [0, 0.1) is 0 Å². The molecule has 202 valence electrons. The molecule has 0 fully saturated rings. The molecule has 5 nitrogen and oxygen atoms in total. The van der Waals surface area contributed by atoms with Crippen LogP contribution in [0.1, 0.15) is 15.9 Å². The molecular formula is C34H26ClN2O3P. The SMILES string of the molecule is O=C(Nc1ccc(Cl)cc1)/C(NC(=O)c1ccccc1)=C(\c1ccccc1)P(=O)(c1ccccc1)c1ccccc1. The number of halogens is 1. The van der Waals surface area contributed by atoms with Gasteiger partial charge in [-0.05, 0) is 42.0 Å². The van der Waals surface area contributed by atoms with Gasteiger partial charge in [-0.3, -0.25) is 9.59 Å². The molecule has 2 amide bonds. The third kappa shape index (κ3) is 6.22. The summed E-state index contributed by atoms with van der Waals surface area (Å²) in [6, 6.07) is 42.3. The van der Waals surface area contributed by atoms with Gasteiger partial charge < -0.3 is 15.2 Å². The first kappa shape index (κ1) is 27.9. The smallest absolute Gasteiger partial charge is 0.273 e. The minimum Gasteiger partial charge on any atom is -0.321 e. The van der Waals surface area contributed by atoms with Crippen LogP contribution in [0.5, 0.6) is 0 Å². The first-order valence-corrected chi connectivity index (χ1v) is 15.0. The van der Waals surface area contributed by atoms with Crippen LogP contribution in [-0.4, -0.2) is 11.8 Å². The summed E-state index contributed by atoms with van der Waals surface area (Å²) in [5.41, 5.74) is 1.24. The van der Waals surface area contributed by atoms with Gasteiger partial charge in [0.1, 0.15) is 5.70 Å². The van der Waals surface area contributed by atoms with E-state index < -0.39 is 19.0 Å². The van der Waals surface area contributed by atoms with Gasteiger partial charge in [0.05, 0.1) is 5.31 Å². The molecule has 2 N–H and O–H groups in total. The van der Waals surface area contributed by atoms with E-state index in [-0.39, 0.29) is 11.0 Å². The normalized spacial score (nSPS) is 11.7. The van der Waals surface area contributed by atoms with E-state index in [1.807, 2.05) is 54.6 Å². The summed E-state index contributed by atoms with van der Waals surface area (Å²) in [6.07, 6.45) is 0. The summed E-state index contributed by atoms with van der Waals surface area (Å²) < 4.78 is 15.7. The fourth-order valence-electron chi connectivity index (χ4n) is 4.49. The maximum Gasteiger partial charge on any atom is 0.273 e. The van der Waals surface area contributed by atoms with Gasteiger partial charge in [-0.1, -0.05) is 121 Å². The highest BCUT2D eigenvalue weighted by Gasteiger charge is 2.37. The van der Waals surface area contributed by atoms with Crippen molar-refractivity contribution in [3.05, 3.63) is 167 Å². The molecule has 0 saturated heterocycles. The number of amides is 2. The molecule has 0 spiro atoms. The maximum atomic E-state index is 15.7. The van der Waals surface area contributed by atoms with Crippen LogP contribution in [0.3, 0.4) is 0 Å². The Bertz CT molecular complexity index is 1680. The van der Waals surface area contributed by atoms with E-state index in [1.54, 1.807) is 91.0 Å². The van der Waals surface area contributed by atoms with Crippen molar-refractivity contribution < 1.29 is 14.2 Å². The highest BCUT2D eigenvalue weighted by atomic mass is 35.5. The summed E-state index contributed by atoms with van der Waals surface area (Å²) in [5.74, 6) is -1.13. The number of hydrogen-bond donors (Lipinski definition) is 2. The fourth-order valence-corrected chi connectivity index (χ4v) is 7.60. The quantitative estimate of drug-likeness (QED) is 0.153. The van der Waals surface area contributed by atoms with Gasteiger partial charge in [-0.2, -0.15) is 0 Å². The van der Waals surface area contributed by atoms with Crippen LogP contribution in [0.25, 0.3) is 5.31 Å². The predicted molar refractivity (Wildman–Crippen MR) is 167 cm³/mol. The number of nitrogens with one attached hydrogen (secondary N) is 2. The van der Waals surface area contributed by atoms with Crippen molar-refractivity contribution in [2.75, 3.05) is 5.32 Å². The number of hydrogen-bond acceptors (Lipinski definition) is 3. The summed E-state index contributed by atoms with van der Waals surface area (Å²) in [7, 11) is -3.74. The number of carbonyl (C=O) groups excluding carboxylic acids is 2. The van der Waals surface area contributed by atoms with Gasteiger partial charge in [-0.25, -0.2) is 0 Å². The molecule has 0 atom stereocenters. The lowest BCUT2D eigenvalue weighted by Gasteiger charge is -2.26. The second-order valence-corrected chi connectivity index (χ2v) is 12.3. The monoisotopic (exact) mass is 576 g/mol. The van der Waals surface area contributed by atoms with Crippen molar-refractivity contribution >= 4 is 52.2 Å². The lowest BCUT2D eigenvalue weighted by atomic mass is 10.1. The van der Waals surface area contributed by atoms with Gasteiger partial charge in [0.15, 0.2) is 7.14 Å². The third-order valence-electron chi connectivity index (χ3n) is 6.44. The van der Waals surface area contributed by atoms with Crippen LogP contribution < -0.4 is 21.2 Å². The predicted octanol–water partition coefficient (Wildman–Crippen LogP) is 7.09. The van der Waals surface area contributed by atoms with E-state index in [0.717, 1.165) is 0 Å². The van der Waals surface area contributed by atoms with Gasteiger partial charge in [-0.15, -0.1) is 0 Å². The van der Waals surface area contributed by atoms with Gasteiger partial charge >= 0.3 is 0 Å². The Morgan fingerprint density at radius 3 is 1.49 bits per heavy atom. The molecule has 7 heteroatoms. The van der Waals surface area contributed by atoms with Crippen molar-refractivity contribution in [3.63, 3.8) is 0 Å². The van der Waals surface area contributed by atoms with Crippen molar-refractivity contribution in [2.45, 2.75) is 0 Å². The van der Waals surface area contributed by atoms with E-state index in [2.05, 4.69) is 10.6 Å². The Morgan fingerprint density at radius 2 is 1.00 bits per heavy atom. The van der Waals surface area contributed by atoms with Gasteiger partial charge in [0.25, 0.3) is 11.8 Å². The summed E-state index contributed by atoms with van der Waals surface area (Å²) >= 11 is 6.06. The molecule has 0 bridgehead atoms. The molecule has 5 aromatic rings. The number of rotatable bonds is 8. The number of anilines is 1. The third-order valence-corrected chi connectivity index (χ3v) is 9.86. The van der Waals surface area contributed by atoms with Crippen LogP contribution >= 0.6 is 18.7 Å². The average molecular weight is 577 g/mol. The van der Waals surface area contributed by atoms with Gasteiger partial charge in [0, 0.05) is 26.9 Å². The Morgan fingerprint density at radius 1 is 0.561 bits per heavy atom. The molecule has 0 unspecified atom stereocenters. The second kappa shape index (κ2) is 12.6. The van der Waals surface area contributed by atoms with E-state index in [9.17, 15) is 9.59 Å². The lowest BCUT2D eigenvalue weighted by Crippen LogP contribution is -2.33. The highest BCUT2D eigenvalue weighted by molar-refractivity contribution is 7.87. The molecule has 0 aliphatic rings. The van der Waals surface area contributed by atoms with Crippen LogP contribution in [-0.2, 0) is 9.36 Å². The summed E-state index contributed by atoms with van der Waals surface area (Å²) in [5, 5.41) is 7.47. The minimum absolute atomic E-state index is 0.115. The number of carbonyl (C=O) groups is 2. The fraction of sp³-hybridized carbons (Fsp3) is 0. The zero-order chi connectivity index (χ0) is 28.7. The molecular weight excluding hydrogens is 551 g/mol. The standard InChI is InChI=1S/C34H26ClN2O3P/c35-27-21-23-28(24-22-27)36-34(39)31(37-33(38)26-15-7-2-8-16-26)32(25-13-5-1-6-14-25)41(40,29-17-9-3-10-18-29)30-19-11-4-12-20-30/h1-24H,(H,36,39)(H,37,38)/b32-31-. The van der Waals surface area contributed by atoms with Gasteiger partial charge in [0.2, 0.25) is 0 Å². The molecule has 0 radical (unpaired) electrons. The molecule has 0 heterocycles. The summed E-state index contributed by atoms with van der Waals surface area (Å²) in [4.78, 5) is 27.7. The Balaban J connectivity index is 1.80. The van der Waals surface area contributed by atoms with E-state index in [4.69, 9.17) is 11.6 Å². The first-order chi connectivity index (χ1) is 20.0. The zero-order valence-electron chi connectivity index (χ0n) is 21.9. The lowest BCUT2D eigenvalue weighted by molar-refractivity contribution is -0.113. The Hall–Kier alpha value is -4.70.